The highest BCUT2D eigenvalue weighted by molar-refractivity contribution is 5.23. The van der Waals surface area contributed by atoms with E-state index in [2.05, 4.69) is 39.9 Å². The average Bonchev–Trinajstić information content (AvgIpc) is 2.74. The van der Waals surface area contributed by atoms with E-state index in [1.165, 1.54) is 12.1 Å². The lowest BCUT2D eigenvalue weighted by Crippen LogP contribution is -2.36. The smallest absolute Gasteiger partial charge is 0.126 e. The third-order valence-corrected chi connectivity index (χ3v) is 5.57. The van der Waals surface area contributed by atoms with Gasteiger partial charge in [0.2, 0.25) is 0 Å². The van der Waals surface area contributed by atoms with E-state index in [1.807, 2.05) is 0 Å². The first-order valence-electron chi connectivity index (χ1n) is 7.88. The normalized spacial score (nSPS) is 21.3. The van der Waals surface area contributed by atoms with Gasteiger partial charge in [-0.25, -0.2) is 8.78 Å². The van der Waals surface area contributed by atoms with Gasteiger partial charge in [0.1, 0.15) is 11.6 Å². The van der Waals surface area contributed by atoms with Crippen LogP contribution in [0.3, 0.4) is 0 Å². The van der Waals surface area contributed by atoms with Gasteiger partial charge in [-0.2, -0.15) is 0 Å². The first-order valence-corrected chi connectivity index (χ1v) is 7.88. The van der Waals surface area contributed by atoms with Crippen LogP contribution in [0.2, 0.25) is 0 Å². The molecule has 0 aromatic heterocycles. The van der Waals surface area contributed by atoms with Crippen molar-refractivity contribution in [2.24, 2.45) is 16.7 Å². The van der Waals surface area contributed by atoms with E-state index < -0.39 is 11.6 Å². The molecule has 1 aliphatic rings. The maximum atomic E-state index is 13.4. The molecule has 1 aromatic carbocycles. The molecular formula is C18H27F2N. The highest BCUT2D eigenvalue weighted by atomic mass is 19.1. The van der Waals surface area contributed by atoms with E-state index in [1.54, 1.807) is 0 Å². The zero-order valence-electron chi connectivity index (χ0n) is 13.8. The summed E-state index contributed by atoms with van der Waals surface area (Å²) in [7, 11) is 0. The summed E-state index contributed by atoms with van der Waals surface area (Å²) in [5.74, 6) is -0.468. The Morgan fingerprint density at radius 3 is 2.00 bits per heavy atom. The van der Waals surface area contributed by atoms with Gasteiger partial charge in [0, 0.05) is 12.1 Å². The number of benzene rings is 1. The highest BCUT2D eigenvalue weighted by Gasteiger charge is 2.66. The van der Waals surface area contributed by atoms with E-state index >= 15 is 0 Å². The molecule has 1 unspecified atom stereocenters. The minimum absolute atomic E-state index is 0.254. The number of hydrogen-bond acceptors (Lipinski definition) is 1. The number of hydrogen-bond donors (Lipinski definition) is 1. The van der Waals surface area contributed by atoms with Crippen LogP contribution in [0.4, 0.5) is 8.78 Å². The second-order valence-electron chi connectivity index (χ2n) is 7.46. The van der Waals surface area contributed by atoms with Crippen molar-refractivity contribution in [1.29, 1.82) is 0 Å². The van der Waals surface area contributed by atoms with Crippen LogP contribution in [0.5, 0.6) is 0 Å². The molecule has 1 atom stereocenters. The Morgan fingerprint density at radius 2 is 1.57 bits per heavy atom. The number of nitrogens with one attached hydrogen (secondary N) is 1. The third kappa shape index (κ3) is 3.13. The van der Waals surface area contributed by atoms with Gasteiger partial charge in [-0.15, -0.1) is 0 Å². The Balaban J connectivity index is 2.18. The van der Waals surface area contributed by atoms with Crippen LogP contribution in [-0.2, 0) is 6.42 Å². The van der Waals surface area contributed by atoms with Gasteiger partial charge in [-0.3, -0.25) is 0 Å². The van der Waals surface area contributed by atoms with E-state index in [0.717, 1.165) is 24.6 Å². The maximum absolute atomic E-state index is 13.4. The molecule has 1 saturated carbocycles. The van der Waals surface area contributed by atoms with Crippen molar-refractivity contribution in [2.45, 2.75) is 53.5 Å². The maximum Gasteiger partial charge on any atom is 0.126 e. The molecule has 0 spiro atoms. The van der Waals surface area contributed by atoms with Crippen LogP contribution in [0.25, 0.3) is 0 Å². The van der Waals surface area contributed by atoms with Gasteiger partial charge in [0.25, 0.3) is 0 Å². The fourth-order valence-corrected chi connectivity index (χ4v) is 3.87. The highest BCUT2D eigenvalue weighted by Crippen LogP contribution is 2.69. The first kappa shape index (κ1) is 16.4. The molecular weight excluding hydrogens is 268 g/mol. The third-order valence-electron chi connectivity index (χ3n) is 5.57. The predicted octanol–water partition coefficient (Wildman–Crippen LogP) is 4.56. The molecule has 1 N–H and O–H groups in total. The second kappa shape index (κ2) is 5.68. The first-order chi connectivity index (χ1) is 9.70. The summed E-state index contributed by atoms with van der Waals surface area (Å²) in [6.45, 7) is 12.2. The van der Waals surface area contributed by atoms with Crippen LogP contribution in [-0.4, -0.2) is 12.6 Å². The molecule has 0 heterocycles. The summed E-state index contributed by atoms with van der Waals surface area (Å²) in [6, 6.07) is 4.09. The zero-order chi connectivity index (χ0) is 15.8. The van der Waals surface area contributed by atoms with Crippen molar-refractivity contribution < 1.29 is 8.78 Å². The van der Waals surface area contributed by atoms with Crippen molar-refractivity contribution in [3.8, 4) is 0 Å². The van der Waals surface area contributed by atoms with Crippen LogP contribution in [0, 0.1) is 28.4 Å². The van der Waals surface area contributed by atoms with Crippen molar-refractivity contribution in [3.63, 3.8) is 0 Å². The Morgan fingerprint density at radius 1 is 1.05 bits per heavy atom. The molecule has 2 rings (SSSR count). The van der Waals surface area contributed by atoms with Gasteiger partial charge in [0.05, 0.1) is 0 Å². The molecule has 0 bridgehead atoms. The van der Waals surface area contributed by atoms with Gasteiger partial charge in [-0.05, 0) is 53.8 Å². The van der Waals surface area contributed by atoms with Gasteiger partial charge >= 0.3 is 0 Å². The second-order valence-corrected chi connectivity index (χ2v) is 7.46. The summed E-state index contributed by atoms with van der Waals surface area (Å²) in [5.41, 5.74) is 1.24. The molecule has 0 saturated heterocycles. The molecule has 0 radical (unpaired) electrons. The van der Waals surface area contributed by atoms with Crippen molar-refractivity contribution in [2.75, 3.05) is 6.54 Å². The summed E-state index contributed by atoms with van der Waals surface area (Å²) in [5, 5.41) is 3.59. The Kier molecular flexibility index (Phi) is 4.44. The van der Waals surface area contributed by atoms with E-state index in [0.29, 0.717) is 12.3 Å². The lowest BCUT2D eigenvalue weighted by molar-refractivity contribution is 0.394. The lowest BCUT2D eigenvalue weighted by atomic mass is 9.96. The van der Waals surface area contributed by atoms with Crippen LogP contribution in [0.1, 0.15) is 46.6 Å². The van der Waals surface area contributed by atoms with Gasteiger partial charge in [-0.1, -0.05) is 34.6 Å². The summed E-state index contributed by atoms with van der Waals surface area (Å²) >= 11 is 0. The topological polar surface area (TPSA) is 12.0 Å². The molecule has 1 fully saturated rings. The Hall–Kier alpha value is -0.960. The Labute approximate surface area is 127 Å². The van der Waals surface area contributed by atoms with Crippen molar-refractivity contribution in [1.82, 2.24) is 5.32 Å². The van der Waals surface area contributed by atoms with E-state index in [4.69, 9.17) is 0 Å². The fourth-order valence-electron chi connectivity index (χ4n) is 3.87. The Bertz CT molecular complexity index is 474. The molecule has 1 aliphatic carbocycles. The van der Waals surface area contributed by atoms with Gasteiger partial charge in [0.15, 0.2) is 0 Å². The SMILES string of the molecule is CCCNC(Cc1cc(F)cc(F)c1)C1C(C)(C)C1(C)C. The fraction of sp³-hybridized carbons (Fsp3) is 0.667. The monoisotopic (exact) mass is 295 g/mol. The van der Waals surface area contributed by atoms with Crippen LogP contribution >= 0.6 is 0 Å². The molecule has 3 heteroatoms. The lowest BCUT2D eigenvalue weighted by Gasteiger charge is -2.21. The standard InChI is InChI=1S/C18H27F2N/c1-6-7-21-15(16-17(2,3)18(16,4)5)10-12-8-13(19)11-14(20)9-12/h8-9,11,15-16,21H,6-7,10H2,1-5H3. The van der Waals surface area contributed by atoms with Gasteiger partial charge < -0.3 is 5.32 Å². The van der Waals surface area contributed by atoms with Crippen molar-refractivity contribution in [3.05, 3.63) is 35.4 Å². The summed E-state index contributed by atoms with van der Waals surface area (Å²) in [6.07, 6.45) is 1.73. The molecule has 118 valence electrons. The largest absolute Gasteiger partial charge is 0.313 e. The number of rotatable bonds is 6. The molecule has 1 nitrogen and oxygen atoms in total. The van der Waals surface area contributed by atoms with Crippen LogP contribution in [0.15, 0.2) is 18.2 Å². The molecule has 0 amide bonds. The average molecular weight is 295 g/mol. The van der Waals surface area contributed by atoms with Crippen molar-refractivity contribution >= 4 is 0 Å². The minimum Gasteiger partial charge on any atom is -0.313 e. The van der Waals surface area contributed by atoms with E-state index in [-0.39, 0.29) is 16.9 Å². The minimum atomic E-state index is -0.492. The number of halogens is 2. The van der Waals surface area contributed by atoms with E-state index in [9.17, 15) is 8.78 Å². The molecule has 0 aliphatic heterocycles. The summed E-state index contributed by atoms with van der Waals surface area (Å²) < 4.78 is 26.8. The zero-order valence-corrected chi connectivity index (χ0v) is 13.8. The summed E-state index contributed by atoms with van der Waals surface area (Å²) in [4.78, 5) is 0. The quantitative estimate of drug-likeness (QED) is 0.811. The molecule has 1 aromatic rings. The predicted molar refractivity (Wildman–Crippen MR) is 83.2 cm³/mol. The van der Waals surface area contributed by atoms with Crippen LogP contribution < -0.4 is 5.32 Å². The molecule has 21 heavy (non-hydrogen) atoms.